The van der Waals surface area contributed by atoms with Crippen molar-refractivity contribution in [2.24, 2.45) is 16.7 Å². The van der Waals surface area contributed by atoms with Crippen LogP contribution in [0.3, 0.4) is 0 Å². The molecular weight excluding hydrogens is 212 g/mol. The molecule has 0 atom stereocenters. The van der Waals surface area contributed by atoms with Crippen LogP contribution in [0.1, 0.15) is 44.9 Å². The number of halogens is 1. The van der Waals surface area contributed by atoms with Gasteiger partial charge in [-0.2, -0.15) is 0 Å². The summed E-state index contributed by atoms with van der Waals surface area (Å²) >= 11 is 3.59. The topological polar surface area (TPSA) is 0 Å². The molecule has 3 aliphatic carbocycles. The van der Waals surface area contributed by atoms with Crippen LogP contribution in [0.15, 0.2) is 0 Å². The summed E-state index contributed by atoms with van der Waals surface area (Å²) in [6.07, 6.45) is 10.9. The van der Waals surface area contributed by atoms with Gasteiger partial charge in [0.15, 0.2) is 0 Å². The van der Waals surface area contributed by atoms with Crippen molar-refractivity contribution in [2.75, 3.05) is 5.33 Å². The molecule has 0 amide bonds. The van der Waals surface area contributed by atoms with Crippen molar-refractivity contribution in [2.45, 2.75) is 44.9 Å². The first-order valence-electron chi connectivity index (χ1n) is 5.32. The molecule has 12 heavy (non-hydrogen) atoms. The van der Waals surface area contributed by atoms with Gasteiger partial charge in [-0.3, -0.25) is 0 Å². The quantitative estimate of drug-likeness (QED) is 0.601. The normalized spacial score (nSPS) is 35.8. The summed E-state index contributed by atoms with van der Waals surface area (Å²) in [7, 11) is 0. The Bertz CT molecular complexity index is 189. The Morgan fingerprint density at radius 1 is 1.08 bits per heavy atom. The largest absolute Gasteiger partial charge is 0.0925 e. The van der Waals surface area contributed by atoms with Crippen LogP contribution in [0.25, 0.3) is 0 Å². The first-order valence-corrected chi connectivity index (χ1v) is 6.44. The lowest BCUT2D eigenvalue weighted by atomic mass is 9.38. The van der Waals surface area contributed by atoms with Crippen molar-refractivity contribution in [1.29, 1.82) is 0 Å². The maximum absolute atomic E-state index is 3.59. The highest BCUT2D eigenvalue weighted by molar-refractivity contribution is 9.09. The predicted octanol–water partition coefficient (Wildman–Crippen LogP) is 3.74. The van der Waals surface area contributed by atoms with Gasteiger partial charge in [-0.05, 0) is 55.3 Å². The first kappa shape index (κ1) is 7.84. The van der Waals surface area contributed by atoms with Crippen molar-refractivity contribution in [3.8, 4) is 0 Å². The Balaban J connectivity index is 1.56. The lowest BCUT2D eigenvalue weighted by molar-refractivity contribution is -0.158. The molecule has 0 saturated heterocycles. The Kier molecular flexibility index (Phi) is 1.50. The number of hydrogen-bond acceptors (Lipinski definition) is 0. The molecule has 0 aromatic rings. The highest BCUT2D eigenvalue weighted by Gasteiger charge is 2.60. The van der Waals surface area contributed by atoms with Crippen molar-refractivity contribution in [3.63, 3.8) is 0 Å². The van der Waals surface area contributed by atoms with Crippen LogP contribution in [0.4, 0.5) is 0 Å². The van der Waals surface area contributed by atoms with Crippen LogP contribution in [-0.2, 0) is 0 Å². The molecule has 0 unspecified atom stereocenters. The van der Waals surface area contributed by atoms with Gasteiger partial charge < -0.3 is 0 Å². The summed E-state index contributed by atoms with van der Waals surface area (Å²) < 4.78 is 0. The summed E-state index contributed by atoms with van der Waals surface area (Å²) in [5.74, 6) is 1.03. The Morgan fingerprint density at radius 2 is 1.75 bits per heavy atom. The molecule has 0 heterocycles. The summed E-state index contributed by atoms with van der Waals surface area (Å²) in [6.45, 7) is 0. The average Bonchev–Trinajstić information content (AvgIpc) is 1.78. The van der Waals surface area contributed by atoms with Gasteiger partial charge in [0.25, 0.3) is 0 Å². The van der Waals surface area contributed by atoms with Crippen LogP contribution < -0.4 is 0 Å². The summed E-state index contributed by atoms with van der Waals surface area (Å²) in [5, 5.41) is 1.25. The van der Waals surface area contributed by atoms with E-state index in [4.69, 9.17) is 0 Å². The van der Waals surface area contributed by atoms with E-state index in [1.165, 1.54) is 11.8 Å². The average molecular weight is 229 g/mol. The zero-order chi connectivity index (χ0) is 8.23. The highest BCUT2D eigenvalue weighted by atomic mass is 79.9. The van der Waals surface area contributed by atoms with Gasteiger partial charge in [0.1, 0.15) is 0 Å². The fourth-order valence-corrected chi connectivity index (χ4v) is 4.59. The standard InChI is InChI=1S/C11H17Br/c12-6-9-4-11(5-9)7-10(8-11)2-1-3-10/h9H,1-8H2. The third-order valence-electron chi connectivity index (χ3n) is 4.58. The van der Waals surface area contributed by atoms with E-state index in [2.05, 4.69) is 15.9 Å². The lowest BCUT2D eigenvalue weighted by Crippen LogP contribution is -2.56. The molecular formula is C11H17Br. The summed E-state index contributed by atoms with van der Waals surface area (Å²) in [6, 6.07) is 0. The van der Waals surface area contributed by atoms with Gasteiger partial charge in [-0.1, -0.05) is 22.4 Å². The maximum Gasteiger partial charge on any atom is 0.00600 e. The molecule has 0 aromatic heterocycles. The molecule has 68 valence electrons. The lowest BCUT2D eigenvalue weighted by Gasteiger charge is -2.67. The molecule has 3 saturated carbocycles. The van der Waals surface area contributed by atoms with Crippen LogP contribution in [0.5, 0.6) is 0 Å². The molecule has 2 spiro atoms. The van der Waals surface area contributed by atoms with E-state index in [1.807, 2.05) is 0 Å². The Hall–Kier alpha value is 0.480. The minimum atomic E-state index is 0.874. The molecule has 0 aliphatic heterocycles. The van der Waals surface area contributed by atoms with E-state index in [-0.39, 0.29) is 0 Å². The van der Waals surface area contributed by atoms with E-state index in [9.17, 15) is 0 Å². The summed E-state index contributed by atoms with van der Waals surface area (Å²) in [4.78, 5) is 0. The summed E-state index contributed by atoms with van der Waals surface area (Å²) in [5.41, 5.74) is 1.77. The van der Waals surface area contributed by atoms with Crippen LogP contribution in [0.2, 0.25) is 0 Å². The third-order valence-corrected chi connectivity index (χ3v) is 5.49. The molecule has 3 fully saturated rings. The van der Waals surface area contributed by atoms with Crippen molar-refractivity contribution < 1.29 is 0 Å². The second-order valence-corrected chi connectivity index (χ2v) is 6.28. The smallest absolute Gasteiger partial charge is 0.00600 e. The molecule has 3 rings (SSSR count). The fraction of sp³-hybridized carbons (Fsp3) is 1.00. The Morgan fingerprint density at radius 3 is 2.17 bits per heavy atom. The van der Waals surface area contributed by atoms with Crippen LogP contribution in [0, 0.1) is 16.7 Å². The van der Waals surface area contributed by atoms with Crippen molar-refractivity contribution >= 4 is 15.9 Å². The van der Waals surface area contributed by atoms with E-state index in [0.717, 1.165) is 16.7 Å². The van der Waals surface area contributed by atoms with Crippen LogP contribution >= 0.6 is 15.9 Å². The number of rotatable bonds is 1. The molecule has 3 aliphatic rings. The van der Waals surface area contributed by atoms with E-state index < -0.39 is 0 Å². The maximum atomic E-state index is 3.59. The van der Waals surface area contributed by atoms with E-state index in [1.54, 1.807) is 38.5 Å². The number of hydrogen-bond donors (Lipinski definition) is 0. The van der Waals surface area contributed by atoms with Gasteiger partial charge in [0.05, 0.1) is 0 Å². The van der Waals surface area contributed by atoms with Gasteiger partial charge in [-0.25, -0.2) is 0 Å². The minimum Gasteiger partial charge on any atom is -0.0925 e. The molecule has 0 radical (unpaired) electrons. The van der Waals surface area contributed by atoms with E-state index >= 15 is 0 Å². The zero-order valence-corrected chi connectivity index (χ0v) is 9.20. The Labute approximate surface area is 83.2 Å². The van der Waals surface area contributed by atoms with E-state index in [0.29, 0.717) is 0 Å². The molecule has 0 nitrogen and oxygen atoms in total. The first-order chi connectivity index (χ1) is 5.76. The predicted molar refractivity (Wildman–Crippen MR) is 54.5 cm³/mol. The zero-order valence-electron chi connectivity index (χ0n) is 7.61. The van der Waals surface area contributed by atoms with Gasteiger partial charge >= 0.3 is 0 Å². The van der Waals surface area contributed by atoms with Crippen LogP contribution in [-0.4, -0.2) is 5.33 Å². The molecule has 0 aromatic carbocycles. The molecule has 1 heteroatoms. The number of alkyl halides is 1. The van der Waals surface area contributed by atoms with Crippen molar-refractivity contribution in [3.05, 3.63) is 0 Å². The molecule has 0 N–H and O–H groups in total. The van der Waals surface area contributed by atoms with Gasteiger partial charge in [0, 0.05) is 5.33 Å². The highest BCUT2D eigenvalue weighted by Crippen LogP contribution is 2.72. The monoisotopic (exact) mass is 228 g/mol. The second-order valence-electron chi connectivity index (χ2n) is 5.64. The SMILES string of the molecule is BrCC1CC2(C1)CC1(CCC1)C2. The minimum absolute atomic E-state index is 0.874. The van der Waals surface area contributed by atoms with Gasteiger partial charge in [0.2, 0.25) is 0 Å². The fourth-order valence-electron chi connectivity index (χ4n) is 4.13. The second kappa shape index (κ2) is 2.29. The third kappa shape index (κ3) is 0.893. The van der Waals surface area contributed by atoms with Gasteiger partial charge in [-0.15, -0.1) is 0 Å². The molecule has 0 bridgehead atoms. The van der Waals surface area contributed by atoms with Crippen molar-refractivity contribution in [1.82, 2.24) is 0 Å².